The molecule has 158 valence electrons. The second-order valence-corrected chi connectivity index (χ2v) is 9.60. The first-order valence-corrected chi connectivity index (χ1v) is 11.8. The van der Waals surface area contributed by atoms with Crippen molar-refractivity contribution in [3.8, 4) is 0 Å². The van der Waals surface area contributed by atoms with Crippen LogP contribution in [0.5, 0.6) is 0 Å². The molecule has 1 atom stereocenters. The first-order valence-electron chi connectivity index (χ1n) is 10.2. The van der Waals surface area contributed by atoms with Gasteiger partial charge < -0.3 is 4.42 Å². The molecule has 7 heteroatoms. The van der Waals surface area contributed by atoms with Crippen molar-refractivity contribution < 1.29 is 8.81 Å². The number of halogens is 2. The number of hydrogen-bond acceptors (Lipinski definition) is 4. The molecule has 1 aliphatic carbocycles. The molecule has 32 heavy (non-hydrogen) atoms. The summed E-state index contributed by atoms with van der Waals surface area (Å²) >= 11 is 4.64. The third-order valence-electron chi connectivity index (χ3n) is 5.93. The molecule has 0 spiro atoms. The second-order valence-electron chi connectivity index (χ2n) is 7.81. The lowest BCUT2D eigenvalue weighted by Gasteiger charge is -2.30. The lowest BCUT2D eigenvalue weighted by atomic mass is 9.83. The summed E-state index contributed by atoms with van der Waals surface area (Å²) in [6.07, 6.45) is 3.42. The van der Waals surface area contributed by atoms with E-state index in [0.717, 1.165) is 35.2 Å². The van der Waals surface area contributed by atoms with E-state index in [4.69, 9.17) is 9.41 Å². The third-order valence-corrected chi connectivity index (χ3v) is 7.34. The SMILES string of the molecule is O=c1/c(=C/c2ccc(Br)o2)sc2n1C(c1ccc(F)cc1)C1=C(N=2)c2ccccc2CC1. The van der Waals surface area contributed by atoms with Gasteiger partial charge in [-0.1, -0.05) is 47.7 Å². The van der Waals surface area contributed by atoms with Gasteiger partial charge in [-0.25, -0.2) is 9.38 Å². The number of aromatic nitrogens is 1. The number of aryl methyl sites for hydroxylation is 1. The number of fused-ring (bicyclic) bond motifs is 3. The molecule has 0 saturated carbocycles. The van der Waals surface area contributed by atoms with Crippen molar-refractivity contribution in [1.29, 1.82) is 0 Å². The van der Waals surface area contributed by atoms with Gasteiger partial charge in [-0.2, -0.15) is 0 Å². The number of allylic oxidation sites excluding steroid dienone is 1. The van der Waals surface area contributed by atoms with Crippen molar-refractivity contribution in [1.82, 2.24) is 4.57 Å². The standard InChI is InChI=1S/C25H16BrFN2O2S/c26-21-12-10-17(31-21)13-20-24(30)29-23(15-5-8-16(27)9-6-15)19-11-7-14-3-1-2-4-18(14)22(19)28-25(29)32-20/h1-6,8-10,12-13,23H,7,11H2/b20-13-. The van der Waals surface area contributed by atoms with Crippen LogP contribution in [0.25, 0.3) is 11.8 Å². The van der Waals surface area contributed by atoms with Gasteiger partial charge in [0.15, 0.2) is 9.47 Å². The maximum atomic E-state index is 13.7. The van der Waals surface area contributed by atoms with E-state index in [1.54, 1.807) is 34.9 Å². The Morgan fingerprint density at radius 1 is 1.09 bits per heavy atom. The molecule has 0 amide bonds. The van der Waals surface area contributed by atoms with Crippen molar-refractivity contribution >= 4 is 39.0 Å². The lowest BCUT2D eigenvalue weighted by Crippen LogP contribution is -2.38. The summed E-state index contributed by atoms with van der Waals surface area (Å²) in [5.74, 6) is 0.294. The molecule has 2 aromatic heterocycles. The Kier molecular flexibility index (Phi) is 4.62. The quantitative estimate of drug-likeness (QED) is 0.391. The molecule has 0 N–H and O–H groups in total. The Morgan fingerprint density at radius 3 is 2.69 bits per heavy atom. The Morgan fingerprint density at radius 2 is 1.91 bits per heavy atom. The number of hydrogen-bond donors (Lipinski definition) is 0. The van der Waals surface area contributed by atoms with Crippen LogP contribution in [-0.2, 0) is 6.42 Å². The van der Waals surface area contributed by atoms with Crippen molar-refractivity contribution in [2.24, 2.45) is 4.99 Å². The Labute approximate surface area is 194 Å². The molecule has 0 saturated heterocycles. The average molecular weight is 507 g/mol. The van der Waals surface area contributed by atoms with Crippen LogP contribution in [0.1, 0.15) is 34.9 Å². The van der Waals surface area contributed by atoms with Gasteiger partial charge in [0.2, 0.25) is 0 Å². The maximum absolute atomic E-state index is 13.7. The van der Waals surface area contributed by atoms with E-state index in [-0.39, 0.29) is 17.4 Å². The zero-order valence-electron chi connectivity index (χ0n) is 16.7. The fourth-order valence-electron chi connectivity index (χ4n) is 4.50. The van der Waals surface area contributed by atoms with Gasteiger partial charge in [0, 0.05) is 11.6 Å². The highest BCUT2D eigenvalue weighted by Gasteiger charge is 2.32. The molecule has 0 radical (unpaired) electrons. The first kappa shape index (κ1) is 19.6. The molecular weight excluding hydrogens is 491 g/mol. The molecule has 6 rings (SSSR count). The highest BCUT2D eigenvalue weighted by molar-refractivity contribution is 9.10. The predicted molar refractivity (Wildman–Crippen MR) is 126 cm³/mol. The minimum atomic E-state index is -0.319. The van der Waals surface area contributed by atoms with Crippen LogP contribution in [0.3, 0.4) is 0 Å². The lowest BCUT2D eigenvalue weighted by molar-refractivity contribution is 0.531. The number of nitrogens with zero attached hydrogens (tertiary/aromatic N) is 2. The second kappa shape index (κ2) is 7.53. The minimum Gasteiger partial charge on any atom is -0.450 e. The third kappa shape index (κ3) is 3.15. The van der Waals surface area contributed by atoms with Gasteiger partial charge in [-0.3, -0.25) is 9.36 Å². The predicted octanol–water partition coefficient (Wildman–Crippen LogP) is 4.81. The Bertz CT molecular complexity index is 1580. The van der Waals surface area contributed by atoms with E-state index in [1.165, 1.54) is 29.0 Å². The fourth-order valence-corrected chi connectivity index (χ4v) is 5.80. The van der Waals surface area contributed by atoms with Crippen molar-refractivity contribution in [2.75, 3.05) is 0 Å². The van der Waals surface area contributed by atoms with Crippen molar-refractivity contribution in [2.45, 2.75) is 18.9 Å². The number of rotatable bonds is 2. The van der Waals surface area contributed by atoms with E-state index in [9.17, 15) is 9.18 Å². The molecule has 2 aliphatic rings. The topological polar surface area (TPSA) is 47.5 Å². The Balaban J connectivity index is 1.64. The minimum absolute atomic E-state index is 0.124. The van der Waals surface area contributed by atoms with Gasteiger partial charge in [-0.05, 0) is 69.7 Å². The zero-order chi connectivity index (χ0) is 21.8. The summed E-state index contributed by atoms with van der Waals surface area (Å²) < 4.78 is 22.2. The van der Waals surface area contributed by atoms with Gasteiger partial charge >= 0.3 is 0 Å². The van der Waals surface area contributed by atoms with Crippen LogP contribution < -0.4 is 14.9 Å². The van der Waals surface area contributed by atoms with E-state index >= 15 is 0 Å². The van der Waals surface area contributed by atoms with Gasteiger partial charge in [0.05, 0.1) is 16.3 Å². The van der Waals surface area contributed by atoms with E-state index < -0.39 is 0 Å². The Hall–Kier alpha value is -3.03. The summed E-state index contributed by atoms with van der Waals surface area (Å²) in [6.45, 7) is 0. The zero-order valence-corrected chi connectivity index (χ0v) is 19.1. The highest BCUT2D eigenvalue weighted by atomic mass is 79.9. The highest BCUT2D eigenvalue weighted by Crippen LogP contribution is 2.41. The molecule has 0 bridgehead atoms. The van der Waals surface area contributed by atoms with Crippen LogP contribution in [0, 0.1) is 5.82 Å². The van der Waals surface area contributed by atoms with Crippen LogP contribution >= 0.6 is 27.3 Å². The van der Waals surface area contributed by atoms with E-state index in [0.29, 0.717) is 19.8 Å². The van der Waals surface area contributed by atoms with E-state index in [2.05, 4.69) is 28.1 Å². The van der Waals surface area contributed by atoms with Crippen LogP contribution in [0.2, 0.25) is 0 Å². The molecule has 1 aliphatic heterocycles. The molecule has 0 fully saturated rings. The van der Waals surface area contributed by atoms with Crippen molar-refractivity contribution in [3.05, 3.63) is 119 Å². The molecule has 4 aromatic rings. The summed E-state index contributed by atoms with van der Waals surface area (Å²) in [4.78, 5) is 19.1. The number of benzene rings is 2. The molecule has 2 aromatic carbocycles. The van der Waals surface area contributed by atoms with Crippen LogP contribution in [0.4, 0.5) is 4.39 Å². The molecule has 3 heterocycles. The molecular formula is C25H16BrFN2O2S. The number of furan rings is 1. The largest absolute Gasteiger partial charge is 0.450 e. The number of thiazole rings is 1. The smallest absolute Gasteiger partial charge is 0.271 e. The molecule has 4 nitrogen and oxygen atoms in total. The summed E-state index contributed by atoms with van der Waals surface area (Å²) in [7, 11) is 0. The summed E-state index contributed by atoms with van der Waals surface area (Å²) in [5, 5.41) is 0. The normalized spacial score (nSPS) is 17.6. The first-order chi connectivity index (χ1) is 15.6. The van der Waals surface area contributed by atoms with Gasteiger partial charge in [0.1, 0.15) is 11.6 Å². The summed E-state index contributed by atoms with van der Waals surface area (Å²) in [6, 6.07) is 18.0. The average Bonchev–Trinajstić information content (AvgIpc) is 3.35. The maximum Gasteiger partial charge on any atom is 0.271 e. The van der Waals surface area contributed by atoms with Crippen molar-refractivity contribution in [3.63, 3.8) is 0 Å². The van der Waals surface area contributed by atoms with Crippen LogP contribution in [0.15, 0.2) is 85.1 Å². The fraction of sp³-hybridized carbons (Fsp3) is 0.120. The summed E-state index contributed by atoms with van der Waals surface area (Å²) in [5.41, 5.74) is 5.13. The molecule has 1 unspecified atom stereocenters. The van der Waals surface area contributed by atoms with E-state index in [1.807, 2.05) is 12.1 Å². The van der Waals surface area contributed by atoms with Crippen LogP contribution in [-0.4, -0.2) is 4.57 Å². The van der Waals surface area contributed by atoms with Gasteiger partial charge in [-0.15, -0.1) is 0 Å². The monoisotopic (exact) mass is 506 g/mol. The van der Waals surface area contributed by atoms with Gasteiger partial charge in [0.25, 0.3) is 5.56 Å².